The van der Waals surface area contributed by atoms with Crippen LogP contribution in [0, 0.1) is 0 Å². The van der Waals surface area contributed by atoms with E-state index >= 15 is 0 Å². The highest BCUT2D eigenvalue weighted by Gasteiger charge is 2.41. The van der Waals surface area contributed by atoms with Crippen molar-refractivity contribution in [3.8, 4) is 5.69 Å². The summed E-state index contributed by atoms with van der Waals surface area (Å²) in [6, 6.07) is 9.14. The molecule has 2 heterocycles. The molecule has 0 radical (unpaired) electrons. The van der Waals surface area contributed by atoms with Crippen molar-refractivity contribution in [2.45, 2.75) is 37.0 Å². The summed E-state index contributed by atoms with van der Waals surface area (Å²) in [5.41, 5.74) is 0.744. The maximum Gasteiger partial charge on any atom is 0.292 e. The van der Waals surface area contributed by atoms with Gasteiger partial charge in [0.1, 0.15) is 5.02 Å². The van der Waals surface area contributed by atoms with E-state index in [1.165, 1.54) is 4.68 Å². The van der Waals surface area contributed by atoms with Crippen molar-refractivity contribution in [3.63, 3.8) is 0 Å². The third kappa shape index (κ3) is 3.74. The van der Waals surface area contributed by atoms with Gasteiger partial charge >= 0.3 is 0 Å². The van der Waals surface area contributed by atoms with E-state index in [0.717, 1.165) is 12.8 Å². The average molecular weight is 409 g/mol. The van der Waals surface area contributed by atoms with Gasteiger partial charge in [-0.3, -0.25) is 4.79 Å². The summed E-state index contributed by atoms with van der Waals surface area (Å²) in [5, 5.41) is 7.38. The normalized spacial score (nSPS) is 19.1. The Labute approximate surface area is 163 Å². The number of anilines is 1. The van der Waals surface area contributed by atoms with Crippen LogP contribution in [0.25, 0.3) is 5.69 Å². The Kier molecular flexibility index (Phi) is 4.96. The van der Waals surface area contributed by atoms with Gasteiger partial charge in [0.2, 0.25) is 10.0 Å². The van der Waals surface area contributed by atoms with Gasteiger partial charge in [-0.25, -0.2) is 12.7 Å². The van der Waals surface area contributed by atoms with Crippen molar-refractivity contribution in [2.24, 2.45) is 0 Å². The summed E-state index contributed by atoms with van der Waals surface area (Å²) in [6.07, 6.45) is 4.44. The van der Waals surface area contributed by atoms with Gasteiger partial charge in [-0.15, -0.1) is 0 Å². The molecule has 2 fully saturated rings. The quantitative estimate of drug-likeness (QED) is 0.820. The molecule has 144 valence electrons. The second-order valence-corrected chi connectivity index (χ2v) is 9.58. The molecule has 1 aromatic heterocycles. The van der Waals surface area contributed by atoms with Crippen LogP contribution < -0.4 is 10.9 Å². The van der Waals surface area contributed by atoms with Gasteiger partial charge in [0.15, 0.2) is 0 Å². The number of halogens is 1. The van der Waals surface area contributed by atoms with Gasteiger partial charge in [-0.1, -0.05) is 29.8 Å². The molecule has 4 rings (SSSR count). The largest absolute Gasteiger partial charge is 0.380 e. The average Bonchev–Trinajstić information content (AvgIpc) is 3.53. The molecule has 0 atom stereocenters. The van der Waals surface area contributed by atoms with Gasteiger partial charge in [0.05, 0.1) is 22.8 Å². The van der Waals surface area contributed by atoms with E-state index < -0.39 is 10.0 Å². The number of benzene rings is 1. The van der Waals surface area contributed by atoms with Crippen molar-refractivity contribution < 1.29 is 8.42 Å². The van der Waals surface area contributed by atoms with Crippen LogP contribution in [-0.2, 0) is 10.0 Å². The molecule has 27 heavy (non-hydrogen) atoms. The van der Waals surface area contributed by atoms with Crippen LogP contribution >= 0.6 is 11.6 Å². The number of sulfonamides is 1. The number of rotatable bonds is 5. The first-order valence-electron chi connectivity index (χ1n) is 9.05. The van der Waals surface area contributed by atoms with E-state index in [4.69, 9.17) is 11.6 Å². The monoisotopic (exact) mass is 408 g/mol. The van der Waals surface area contributed by atoms with Crippen molar-refractivity contribution >= 4 is 27.3 Å². The fourth-order valence-electron chi connectivity index (χ4n) is 3.34. The predicted molar refractivity (Wildman–Crippen MR) is 105 cm³/mol. The first-order chi connectivity index (χ1) is 13.0. The van der Waals surface area contributed by atoms with E-state index in [1.807, 2.05) is 18.2 Å². The number of hydrogen-bond donors (Lipinski definition) is 1. The van der Waals surface area contributed by atoms with E-state index in [0.29, 0.717) is 37.3 Å². The standard InChI is InChI=1S/C18H21ClN4O3S/c19-17-16(12-20-23(18(17)24)14-4-2-1-3-5-14)21-13-8-10-22(11-9-13)27(25,26)15-6-7-15/h1-5,12-13,15,21H,6-11H2. The summed E-state index contributed by atoms with van der Waals surface area (Å²) in [7, 11) is -3.12. The Bertz CT molecular complexity index is 981. The predicted octanol–water partition coefficient (Wildman–Crippen LogP) is 2.25. The van der Waals surface area contributed by atoms with Gasteiger partial charge in [0, 0.05) is 19.1 Å². The molecule has 1 aliphatic heterocycles. The highest BCUT2D eigenvalue weighted by Crippen LogP contribution is 2.32. The molecule has 2 aromatic rings. The van der Waals surface area contributed by atoms with Crippen molar-refractivity contribution in [2.75, 3.05) is 18.4 Å². The lowest BCUT2D eigenvalue weighted by molar-refractivity contribution is 0.329. The minimum Gasteiger partial charge on any atom is -0.380 e. The number of hydrogen-bond acceptors (Lipinski definition) is 5. The maximum atomic E-state index is 12.5. The Balaban J connectivity index is 1.45. The van der Waals surface area contributed by atoms with Crippen molar-refractivity contribution in [3.05, 3.63) is 51.9 Å². The molecule has 1 saturated carbocycles. The lowest BCUT2D eigenvalue weighted by atomic mass is 10.1. The summed E-state index contributed by atoms with van der Waals surface area (Å²) in [5.74, 6) is 0. The van der Waals surface area contributed by atoms with Gasteiger partial charge in [0.25, 0.3) is 5.56 Å². The topological polar surface area (TPSA) is 84.3 Å². The van der Waals surface area contributed by atoms with Crippen molar-refractivity contribution in [1.29, 1.82) is 0 Å². The number of para-hydroxylation sites is 1. The molecule has 0 amide bonds. The molecule has 0 unspecified atom stereocenters. The lowest BCUT2D eigenvalue weighted by Crippen LogP contribution is -2.43. The van der Waals surface area contributed by atoms with Gasteiger partial charge in [-0.05, 0) is 37.8 Å². The van der Waals surface area contributed by atoms with E-state index in [1.54, 1.807) is 22.6 Å². The number of nitrogens with one attached hydrogen (secondary N) is 1. The highest BCUT2D eigenvalue weighted by molar-refractivity contribution is 7.90. The van der Waals surface area contributed by atoms with Crippen LogP contribution in [0.2, 0.25) is 5.02 Å². The molecule has 7 nitrogen and oxygen atoms in total. The number of aromatic nitrogens is 2. The van der Waals surface area contributed by atoms with Crippen LogP contribution in [0.1, 0.15) is 25.7 Å². The molecule has 1 saturated heterocycles. The lowest BCUT2D eigenvalue weighted by Gasteiger charge is -2.32. The van der Waals surface area contributed by atoms with E-state index in [9.17, 15) is 13.2 Å². The molecule has 1 aromatic carbocycles. The zero-order valence-electron chi connectivity index (χ0n) is 14.7. The smallest absolute Gasteiger partial charge is 0.292 e. The fraction of sp³-hybridized carbons (Fsp3) is 0.444. The van der Waals surface area contributed by atoms with E-state index in [-0.39, 0.29) is 21.9 Å². The molecule has 0 spiro atoms. The second kappa shape index (κ2) is 7.26. The zero-order chi connectivity index (χ0) is 19.0. The molecule has 2 aliphatic rings. The van der Waals surface area contributed by atoms with Crippen molar-refractivity contribution in [1.82, 2.24) is 14.1 Å². The summed E-state index contributed by atoms with van der Waals surface area (Å²) in [6.45, 7) is 0.977. The molecule has 9 heteroatoms. The molecular formula is C18H21ClN4O3S. The SMILES string of the molecule is O=c1c(Cl)c(NC2CCN(S(=O)(=O)C3CC3)CC2)cnn1-c1ccccc1. The zero-order valence-corrected chi connectivity index (χ0v) is 16.3. The van der Waals surface area contributed by atoms with E-state index in [2.05, 4.69) is 10.4 Å². The van der Waals surface area contributed by atoms with Crippen LogP contribution in [0.3, 0.4) is 0 Å². The third-order valence-corrected chi connectivity index (χ3v) is 7.80. The summed E-state index contributed by atoms with van der Waals surface area (Å²) >= 11 is 6.28. The van der Waals surface area contributed by atoms with Gasteiger partial charge in [-0.2, -0.15) is 9.78 Å². The Morgan fingerprint density at radius 2 is 1.74 bits per heavy atom. The third-order valence-electron chi connectivity index (χ3n) is 5.04. The minimum absolute atomic E-state index is 0.0573. The fourth-order valence-corrected chi connectivity index (χ4v) is 5.39. The number of piperidine rings is 1. The maximum absolute atomic E-state index is 12.5. The van der Waals surface area contributed by atoms with Gasteiger partial charge < -0.3 is 5.32 Å². The van der Waals surface area contributed by atoms with Crippen LogP contribution in [0.15, 0.2) is 41.3 Å². The first-order valence-corrected chi connectivity index (χ1v) is 10.9. The molecular weight excluding hydrogens is 388 g/mol. The highest BCUT2D eigenvalue weighted by atomic mass is 35.5. The first kappa shape index (κ1) is 18.5. The minimum atomic E-state index is -3.12. The van der Waals surface area contributed by atoms with Crippen LogP contribution in [0.4, 0.5) is 5.69 Å². The van der Waals surface area contributed by atoms with Crippen LogP contribution in [0.5, 0.6) is 0 Å². The Morgan fingerprint density at radius 3 is 2.37 bits per heavy atom. The molecule has 1 N–H and O–H groups in total. The summed E-state index contributed by atoms with van der Waals surface area (Å²) < 4.78 is 27.5. The Hall–Kier alpha value is -1.90. The van der Waals surface area contributed by atoms with Crippen LogP contribution in [-0.4, -0.2) is 46.9 Å². The summed E-state index contributed by atoms with van der Waals surface area (Å²) in [4.78, 5) is 12.5. The number of nitrogens with zero attached hydrogens (tertiary/aromatic N) is 3. The Morgan fingerprint density at radius 1 is 1.07 bits per heavy atom. The second-order valence-electron chi connectivity index (χ2n) is 6.99. The molecule has 0 bridgehead atoms. The molecule has 1 aliphatic carbocycles.